The van der Waals surface area contributed by atoms with Crippen LogP contribution in [-0.2, 0) is 16.1 Å². The summed E-state index contributed by atoms with van der Waals surface area (Å²) in [6, 6.07) is 13.0. The van der Waals surface area contributed by atoms with Gasteiger partial charge in [-0.15, -0.1) is 0 Å². The number of carbonyl (C=O) groups is 2. The maximum Gasteiger partial charge on any atom is 0.261 e. The summed E-state index contributed by atoms with van der Waals surface area (Å²) in [5.41, 5.74) is 1.97. The molecule has 0 heterocycles. The molecule has 1 aliphatic rings. The zero-order valence-corrected chi connectivity index (χ0v) is 21.0. The molecular weight excluding hydrogens is 524 g/mol. The molecule has 1 fully saturated rings. The highest BCUT2D eigenvalue weighted by Crippen LogP contribution is 2.22. The number of hydrogen-bond donors (Lipinski definition) is 1. The predicted octanol–water partition coefficient (Wildman–Crippen LogP) is 5.37. The minimum Gasteiger partial charge on any atom is -0.484 e. The normalized spacial score (nSPS) is 14.8. The molecule has 0 bridgehead atoms. The molecule has 0 unspecified atom stereocenters. The van der Waals surface area contributed by atoms with Gasteiger partial charge in [0.25, 0.3) is 5.91 Å². The maximum atomic E-state index is 13.1. The Morgan fingerprint density at radius 3 is 2.58 bits per heavy atom. The van der Waals surface area contributed by atoms with Gasteiger partial charge >= 0.3 is 0 Å². The van der Waals surface area contributed by atoms with Crippen molar-refractivity contribution in [3.63, 3.8) is 0 Å². The summed E-state index contributed by atoms with van der Waals surface area (Å²) in [5.74, 6) is 0.281. The van der Waals surface area contributed by atoms with Gasteiger partial charge in [0, 0.05) is 21.5 Å². The van der Waals surface area contributed by atoms with Crippen LogP contribution in [-0.4, -0.2) is 35.4 Å². The molecule has 3 rings (SSSR count). The van der Waals surface area contributed by atoms with Gasteiger partial charge < -0.3 is 15.0 Å². The quantitative estimate of drug-likeness (QED) is 0.479. The number of benzene rings is 2. The first-order valence-electron chi connectivity index (χ1n) is 10.6. The van der Waals surface area contributed by atoms with Crippen molar-refractivity contribution < 1.29 is 14.3 Å². The number of halogens is 2. The fourth-order valence-electron chi connectivity index (χ4n) is 3.74. The molecule has 2 aromatic rings. The highest BCUT2D eigenvalue weighted by Gasteiger charge is 2.28. The average Bonchev–Trinajstić information content (AvgIpc) is 3.25. The van der Waals surface area contributed by atoms with Gasteiger partial charge in [0.15, 0.2) is 6.61 Å². The molecule has 1 aliphatic carbocycles. The highest BCUT2D eigenvalue weighted by molar-refractivity contribution is 9.10. The summed E-state index contributed by atoms with van der Waals surface area (Å²) in [7, 11) is 0. The molecule has 5 nitrogen and oxygen atoms in total. The van der Waals surface area contributed by atoms with E-state index in [4.69, 9.17) is 4.74 Å². The van der Waals surface area contributed by atoms with E-state index < -0.39 is 6.04 Å². The lowest BCUT2D eigenvalue weighted by molar-refractivity contribution is -0.142. The zero-order valence-electron chi connectivity index (χ0n) is 17.9. The molecule has 1 N–H and O–H groups in total. The van der Waals surface area contributed by atoms with Gasteiger partial charge in [-0.1, -0.05) is 56.8 Å². The number of nitrogens with zero attached hydrogens (tertiary/aromatic N) is 1. The van der Waals surface area contributed by atoms with Crippen molar-refractivity contribution in [3.8, 4) is 5.75 Å². The van der Waals surface area contributed by atoms with Crippen molar-refractivity contribution in [3.05, 3.63) is 62.5 Å². The van der Waals surface area contributed by atoms with E-state index in [1.54, 1.807) is 11.8 Å². The predicted molar refractivity (Wildman–Crippen MR) is 129 cm³/mol. The van der Waals surface area contributed by atoms with Gasteiger partial charge in [-0.05, 0) is 68.1 Å². The van der Waals surface area contributed by atoms with Crippen LogP contribution in [0.1, 0.15) is 43.7 Å². The second-order valence-electron chi connectivity index (χ2n) is 8.02. The smallest absolute Gasteiger partial charge is 0.261 e. The zero-order chi connectivity index (χ0) is 22.4. The summed E-state index contributed by atoms with van der Waals surface area (Å²) in [6.07, 6.45) is 4.29. The first-order chi connectivity index (χ1) is 14.8. The Hall–Kier alpha value is -1.86. The molecule has 0 aliphatic heterocycles. The van der Waals surface area contributed by atoms with Crippen LogP contribution in [0.15, 0.2) is 51.4 Å². The summed E-state index contributed by atoms with van der Waals surface area (Å²) in [4.78, 5) is 27.6. The third-order valence-corrected chi connectivity index (χ3v) is 6.99. The van der Waals surface area contributed by atoms with E-state index in [9.17, 15) is 9.59 Å². The topological polar surface area (TPSA) is 58.6 Å². The largest absolute Gasteiger partial charge is 0.484 e. The minimum absolute atomic E-state index is 0.116. The number of ether oxygens (including phenoxy) is 1. The molecule has 0 aromatic heterocycles. The standard InChI is InChI=1S/C24H28Br2N2O3/c1-16-12-21(10-11-22(16)26)31-15-23(29)28(14-18-6-5-7-19(25)13-18)17(2)24(30)27-20-8-3-4-9-20/h5-7,10-13,17,20H,3-4,8-9,14-15H2,1-2H3,(H,27,30)/t17-/m1/s1. The lowest BCUT2D eigenvalue weighted by atomic mass is 10.1. The van der Waals surface area contributed by atoms with Crippen LogP contribution in [0.2, 0.25) is 0 Å². The molecule has 2 amide bonds. The summed E-state index contributed by atoms with van der Waals surface area (Å²) in [6.45, 7) is 3.95. The summed E-state index contributed by atoms with van der Waals surface area (Å²) in [5, 5.41) is 3.11. The van der Waals surface area contributed by atoms with Crippen LogP contribution in [0.5, 0.6) is 5.75 Å². The first kappa shape index (κ1) is 23.8. The molecule has 0 radical (unpaired) electrons. The lowest BCUT2D eigenvalue weighted by Gasteiger charge is -2.29. The Bertz CT molecular complexity index is 929. The fourth-order valence-corrected chi connectivity index (χ4v) is 4.43. The Labute approximate surface area is 200 Å². The molecule has 1 saturated carbocycles. The number of hydrogen-bond acceptors (Lipinski definition) is 3. The fraction of sp³-hybridized carbons (Fsp3) is 0.417. The third kappa shape index (κ3) is 6.81. The molecular formula is C24H28Br2N2O3. The van der Waals surface area contributed by atoms with E-state index >= 15 is 0 Å². The Kier molecular flexibility index (Phi) is 8.55. The van der Waals surface area contributed by atoms with E-state index in [1.807, 2.05) is 49.4 Å². The lowest BCUT2D eigenvalue weighted by Crippen LogP contribution is -2.50. The van der Waals surface area contributed by atoms with Crippen molar-refractivity contribution in [2.24, 2.45) is 0 Å². The van der Waals surface area contributed by atoms with Crippen LogP contribution in [0.4, 0.5) is 0 Å². The van der Waals surface area contributed by atoms with Gasteiger partial charge in [-0.25, -0.2) is 0 Å². The van der Waals surface area contributed by atoms with E-state index in [0.29, 0.717) is 12.3 Å². The minimum atomic E-state index is -0.595. The Balaban J connectivity index is 1.72. The van der Waals surface area contributed by atoms with E-state index in [1.165, 1.54) is 0 Å². The van der Waals surface area contributed by atoms with Gasteiger partial charge in [-0.2, -0.15) is 0 Å². The number of amides is 2. The van der Waals surface area contributed by atoms with Crippen LogP contribution in [0, 0.1) is 6.92 Å². The van der Waals surface area contributed by atoms with Crippen molar-refractivity contribution >= 4 is 43.7 Å². The van der Waals surface area contributed by atoms with Gasteiger partial charge in [-0.3, -0.25) is 9.59 Å². The van der Waals surface area contributed by atoms with Crippen LogP contribution >= 0.6 is 31.9 Å². The number of carbonyl (C=O) groups excluding carboxylic acids is 2. The third-order valence-electron chi connectivity index (χ3n) is 5.60. The number of aryl methyl sites for hydroxylation is 1. The second-order valence-corrected chi connectivity index (χ2v) is 9.79. The Morgan fingerprint density at radius 2 is 1.90 bits per heavy atom. The van der Waals surface area contributed by atoms with Gasteiger partial charge in [0.1, 0.15) is 11.8 Å². The second kappa shape index (κ2) is 11.1. The van der Waals surface area contributed by atoms with E-state index in [-0.39, 0.29) is 24.5 Å². The molecule has 0 saturated heterocycles. The van der Waals surface area contributed by atoms with Gasteiger partial charge in [0.2, 0.25) is 5.91 Å². The highest BCUT2D eigenvalue weighted by atomic mass is 79.9. The van der Waals surface area contributed by atoms with Crippen LogP contribution in [0.3, 0.4) is 0 Å². The van der Waals surface area contributed by atoms with Crippen molar-refractivity contribution in [1.29, 1.82) is 0 Å². The van der Waals surface area contributed by atoms with Crippen molar-refractivity contribution in [1.82, 2.24) is 10.2 Å². The molecule has 1 atom stereocenters. The average molecular weight is 552 g/mol. The van der Waals surface area contributed by atoms with E-state index in [2.05, 4.69) is 37.2 Å². The Morgan fingerprint density at radius 1 is 1.16 bits per heavy atom. The SMILES string of the molecule is Cc1cc(OCC(=O)N(Cc2cccc(Br)c2)[C@H](C)C(=O)NC2CCCC2)ccc1Br. The summed E-state index contributed by atoms with van der Waals surface area (Å²) < 4.78 is 7.67. The monoisotopic (exact) mass is 550 g/mol. The van der Waals surface area contributed by atoms with Gasteiger partial charge in [0.05, 0.1) is 0 Å². The van der Waals surface area contributed by atoms with Crippen molar-refractivity contribution in [2.45, 2.75) is 58.2 Å². The summed E-state index contributed by atoms with van der Waals surface area (Å²) >= 11 is 6.94. The molecule has 2 aromatic carbocycles. The molecule has 166 valence electrons. The molecule has 31 heavy (non-hydrogen) atoms. The van der Waals surface area contributed by atoms with Crippen LogP contribution < -0.4 is 10.1 Å². The molecule has 0 spiro atoms. The number of nitrogens with one attached hydrogen (secondary N) is 1. The van der Waals surface area contributed by atoms with Crippen LogP contribution in [0.25, 0.3) is 0 Å². The van der Waals surface area contributed by atoms with E-state index in [0.717, 1.165) is 45.8 Å². The number of rotatable bonds is 8. The molecule has 7 heteroatoms. The van der Waals surface area contributed by atoms with Crippen molar-refractivity contribution in [2.75, 3.05) is 6.61 Å². The maximum absolute atomic E-state index is 13.1. The first-order valence-corrected chi connectivity index (χ1v) is 12.2.